The Hall–Kier alpha value is -2.95. The van der Waals surface area contributed by atoms with E-state index < -0.39 is 43.2 Å². The van der Waals surface area contributed by atoms with Gasteiger partial charge in [-0.25, -0.2) is 0 Å². The van der Waals surface area contributed by atoms with Gasteiger partial charge in [0, 0.05) is 11.3 Å². The zero-order valence-electron chi connectivity index (χ0n) is 17.9. The normalized spacial score (nSPS) is 26.3. The Morgan fingerprint density at radius 3 is 2.64 bits per heavy atom. The molecule has 0 spiro atoms. The van der Waals surface area contributed by atoms with Crippen LogP contribution in [0.5, 0.6) is 11.5 Å². The summed E-state index contributed by atoms with van der Waals surface area (Å²) in [6.07, 6.45) is -5.47. The molecule has 2 heterocycles. The molecule has 1 aliphatic heterocycles. The summed E-state index contributed by atoms with van der Waals surface area (Å²) in [6.45, 7) is 1.11. The molecule has 0 amide bonds. The van der Waals surface area contributed by atoms with Gasteiger partial charge in [-0.1, -0.05) is 19.1 Å². The quantitative estimate of drug-likeness (QED) is 0.331. The van der Waals surface area contributed by atoms with Crippen molar-refractivity contribution in [3.8, 4) is 11.5 Å². The largest absolute Gasteiger partial charge is 0.507 e. The minimum atomic E-state index is -1.65. The summed E-state index contributed by atoms with van der Waals surface area (Å²) >= 11 is 0. The molecule has 9 nitrogen and oxygen atoms in total. The Balaban J connectivity index is 1.56. The minimum absolute atomic E-state index is 0.0542. The molecule has 1 fully saturated rings. The summed E-state index contributed by atoms with van der Waals surface area (Å²) < 4.78 is 16.4. The van der Waals surface area contributed by atoms with Gasteiger partial charge in [0.1, 0.15) is 47.1 Å². The molecule has 6 atom stereocenters. The molecule has 4 rings (SSSR count). The van der Waals surface area contributed by atoms with E-state index >= 15 is 0 Å². The van der Waals surface area contributed by atoms with E-state index in [-0.39, 0.29) is 22.8 Å². The number of aromatic hydroxyl groups is 1. The van der Waals surface area contributed by atoms with E-state index in [1.807, 2.05) is 24.3 Å². The number of fused-ring (bicyclic) bond motifs is 1. The fraction of sp³-hybridized carbons (Fsp3) is 0.375. The van der Waals surface area contributed by atoms with Gasteiger partial charge in [0.25, 0.3) is 0 Å². The topological polar surface area (TPSA) is 150 Å². The lowest BCUT2D eigenvalue weighted by molar-refractivity contribution is -0.277. The van der Waals surface area contributed by atoms with Crippen LogP contribution in [-0.4, -0.2) is 68.6 Å². The predicted molar refractivity (Wildman–Crippen MR) is 116 cm³/mol. The average molecular weight is 458 g/mol. The maximum absolute atomic E-state index is 13.3. The van der Waals surface area contributed by atoms with E-state index in [0.717, 1.165) is 16.5 Å². The number of phenols is 1. The lowest BCUT2D eigenvalue weighted by Gasteiger charge is -2.39. The third-order valence-electron chi connectivity index (χ3n) is 5.85. The number of carbonyl (C=O) groups is 1. The highest BCUT2D eigenvalue weighted by Crippen LogP contribution is 2.34. The van der Waals surface area contributed by atoms with E-state index in [1.165, 1.54) is 18.2 Å². The number of benzene rings is 2. The average Bonchev–Trinajstić information content (AvgIpc) is 3.27. The SMILES string of the molecule is CC(Cc1ccc2occc2c1)C(=O)c1c(O)cccc1O[C@@H]1O[C@H](CO)[C@@H](O)[C@H](O)[C@H]1O. The molecule has 1 aromatic heterocycles. The molecule has 33 heavy (non-hydrogen) atoms. The van der Waals surface area contributed by atoms with Crippen molar-refractivity contribution in [1.29, 1.82) is 0 Å². The summed E-state index contributed by atoms with van der Waals surface area (Å²) in [7, 11) is 0. The van der Waals surface area contributed by atoms with Crippen LogP contribution in [0.4, 0.5) is 0 Å². The number of hydrogen-bond acceptors (Lipinski definition) is 9. The lowest BCUT2D eigenvalue weighted by atomic mass is 9.91. The van der Waals surface area contributed by atoms with Crippen molar-refractivity contribution in [3.05, 3.63) is 59.9 Å². The summed E-state index contributed by atoms with van der Waals surface area (Å²) in [5.41, 5.74) is 1.57. The van der Waals surface area contributed by atoms with Gasteiger partial charge in [-0.3, -0.25) is 4.79 Å². The fourth-order valence-electron chi connectivity index (χ4n) is 3.99. The molecule has 176 valence electrons. The zero-order chi connectivity index (χ0) is 23.7. The van der Waals surface area contributed by atoms with E-state index in [4.69, 9.17) is 13.9 Å². The van der Waals surface area contributed by atoms with Crippen molar-refractivity contribution < 1.29 is 44.2 Å². The molecule has 0 bridgehead atoms. The molecule has 9 heteroatoms. The summed E-state index contributed by atoms with van der Waals surface area (Å²) in [6, 6.07) is 11.7. The smallest absolute Gasteiger partial charge is 0.229 e. The van der Waals surface area contributed by atoms with Crippen LogP contribution in [0.3, 0.4) is 0 Å². The van der Waals surface area contributed by atoms with Gasteiger partial charge in [-0.15, -0.1) is 0 Å². The predicted octanol–water partition coefficient (Wildman–Crippen LogP) is 1.38. The van der Waals surface area contributed by atoms with Crippen molar-refractivity contribution in [2.45, 2.75) is 44.1 Å². The molecule has 0 saturated carbocycles. The molecular formula is C24H26O9. The van der Waals surface area contributed by atoms with Crippen molar-refractivity contribution in [2.75, 3.05) is 6.61 Å². The van der Waals surface area contributed by atoms with Crippen molar-refractivity contribution in [1.82, 2.24) is 0 Å². The van der Waals surface area contributed by atoms with Gasteiger partial charge in [-0.2, -0.15) is 0 Å². The third-order valence-corrected chi connectivity index (χ3v) is 5.85. The van der Waals surface area contributed by atoms with Gasteiger partial charge in [0.05, 0.1) is 12.9 Å². The van der Waals surface area contributed by atoms with Gasteiger partial charge >= 0.3 is 0 Å². The monoisotopic (exact) mass is 458 g/mol. The summed E-state index contributed by atoms with van der Waals surface area (Å²) in [5, 5.41) is 50.9. The number of carbonyl (C=O) groups excluding carboxylic acids is 1. The molecule has 1 saturated heterocycles. The number of ether oxygens (including phenoxy) is 2. The van der Waals surface area contributed by atoms with Crippen molar-refractivity contribution in [3.63, 3.8) is 0 Å². The van der Waals surface area contributed by atoms with Gasteiger partial charge < -0.3 is 39.4 Å². The number of rotatable bonds is 7. The number of Topliss-reactive ketones (excluding diaryl/α,β-unsaturated/α-hetero) is 1. The van der Waals surface area contributed by atoms with Crippen molar-refractivity contribution in [2.24, 2.45) is 5.92 Å². The van der Waals surface area contributed by atoms with E-state index in [1.54, 1.807) is 13.2 Å². The van der Waals surface area contributed by atoms with Crippen LogP contribution in [0, 0.1) is 5.92 Å². The van der Waals surface area contributed by atoms with Crippen LogP contribution in [0.1, 0.15) is 22.8 Å². The second-order valence-electron chi connectivity index (χ2n) is 8.23. The third kappa shape index (κ3) is 4.59. The molecule has 2 aromatic carbocycles. The van der Waals surface area contributed by atoms with Gasteiger partial charge in [0.2, 0.25) is 6.29 Å². The molecule has 3 aromatic rings. The van der Waals surface area contributed by atoms with Crippen LogP contribution < -0.4 is 4.74 Å². The highest BCUT2D eigenvalue weighted by Gasteiger charge is 2.45. The molecule has 0 aliphatic carbocycles. The zero-order valence-corrected chi connectivity index (χ0v) is 17.9. The molecular weight excluding hydrogens is 432 g/mol. The first-order chi connectivity index (χ1) is 15.8. The van der Waals surface area contributed by atoms with Crippen LogP contribution >= 0.6 is 0 Å². The Bertz CT molecular complexity index is 1120. The summed E-state index contributed by atoms with van der Waals surface area (Å²) in [4.78, 5) is 13.3. The van der Waals surface area contributed by atoms with Crippen LogP contribution in [0.25, 0.3) is 11.0 Å². The second-order valence-corrected chi connectivity index (χ2v) is 8.23. The van der Waals surface area contributed by atoms with Crippen LogP contribution in [-0.2, 0) is 11.2 Å². The van der Waals surface area contributed by atoms with E-state index in [2.05, 4.69) is 0 Å². The Morgan fingerprint density at radius 2 is 1.88 bits per heavy atom. The van der Waals surface area contributed by atoms with Gasteiger partial charge in [-0.05, 0) is 42.3 Å². The van der Waals surface area contributed by atoms with Gasteiger partial charge in [0.15, 0.2) is 5.78 Å². The first-order valence-electron chi connectivity index (χ1n) is 10.6. The Kier molecular flexibility index (Phi) is 6.68. The lowest BCUT2D eigenvalue weighted by Crippen LogP contribution is -2.60. The molecule has 1 unspecified atom stereocenters. The van der Waals surface area contributed by atoms with Crippen LogP contribution in [0.2, 0.25) is 0 Å². The molecule has 5 N–H and O–H groups in total. The van der Waals surface area contributed by atoms with Crippen molar-refractivity contribution >= 4 is 16.8 Å². The highest BCUT2D eigenvalue weighted by molar-refractivity contribution is 6.02. The highest BCUT2D eigenvalue weighted by atomic mass is 16.7. The fourth-order valence-corrected chi connectivity index (χ4v) is 3.99. The molecule has 0 radical (unpaired) electrons. The summed E-state index contributed by atoms with van der Waals surface area (Å²) in [5.74, 6) is -1.28. The maximum atomic E-state index is 13.3. The first kappa shape index (κ1) is 23.2. The van der Waals surface area contributed by atoms with Crippen LogP contribution in [0.15, 0.2) is 53.1 Å². The first-order valence-corrected chi connectivity index (χ1v) is 10.6. The number of hydrogen-bond donors (Lipinski definition) is 5. The number of aliphatic hydroxyl groups is 4. The molecule has 1 aliphatic rings. The van der Waals surface area contributed by atoms with E-state index in [0.29, 0.717) is 6.42 Å². The second kappa shape index (κ2) is 9.50. The number of ketones is 1. The number of aliphatic hydroxyl groups excluding tert-OH is 4. The minimum Gasteiger partial charge on any atom is -0.507 e. The maximum Gasteiger partial charge on any atom is 0.229 e. The van der Waals surface area contributed by atoms with E-state index in [9.17, 15) is 30.3 Å². The number of phenolic OH excluding ortho intramolecular Hbond substituents is 1. The standard InChI is InChI=1S/C24H26O9/c1-12(9-13-5-6-16-14(10-13)7-8-31-16)20(27)19-15(26)3-2-4-17(19)32-24-23(30)22(29)21(28)18(11-25)33-24/h2-8,10,12,18,21-26,28-30H,9,11H2,1H3/t12?,18-,21-,22+,23-,24-/m1/s1. The Morgan fingerprint density at radius 1 is 1.09 bits per heavy atom. The number of furan rings is 1. The Labute approximate surface area is 189 Å².